The first kappa shape index (κ1) is 27.1. The molecule has 0 saturated heterocycles. The number of amides is 1. The third-order valence-electron chi connectivity index (χ3n) is 7.66. The topological polar surface area (TPSA) is 59.0 Å². The first-order chi connectivity index (χ1) is 17.6. The Kier molecular flexibility index (Phi) is 8.20. The van der Waals surface area contributed by atoms with Gasteiger partial charge in [-0.05, 0) is 75.6 Å². The number of nitrogens with zero attached hydrogens (tertiary/aromatic N) is 2. The summed E-state index contributed by atoms with van der Waals surface area (Å²) in [6.07, 6.45) is 8.78. The zero-order valence-corrected chi connectivity index (χ0v) is 23.2. The van der Waals surface area contributed by atoms with E-state index in [1.807, 2.05) is 62.1 Å². The normalized spacial score (nSPS) is 20.7. The SMILES string of the molecule is CCCCC1=NC(C)(C2CCCCC2)C(=O)N1Cc1ccc(-c2ccccc2C(=O)OC(C)(C)C)cc1. The highest BCUT2D eigenvalue weighted by Crippen LogP contribution is 2.40. The molecular weight excluding hydrogens is 460 g/mol. The molecule has 5 nitrogen and oxygen atoms in total. The summed E-state index contributed by atoms with van der Waals surface area (Å²) in [6, 6.07) is 15.7. The minimum absolute atomic E-state index is 0.157. The van der Waals surface area contributed by atoms with Gasteiger partial charge in [0, 0.05) is 6.42 Å². The number of hydrogen-bond acceptors (Lipinski definition) is 4. The van der Waals surface area contributed by atoms with Gasteiger partial charge in [-0.25, -0.2) is 4.79 Å². The Morgan fingerprint density at radius 2 is 1.73 bits per heavy atom. The number of aliphatic imine (C=N–C) groups is 1. The molecule has 37 heavy (non-hydrogen) atoms. The number of unbranched alkanes of at least 4 members (excludes halogenated alkanes) is 1. The van der Waals surface area contributed by atoms with Gasteiger partial charge in [-0.15, -0.1) is 0 Å². The molecule has 1 fully saturated rings. The van der Waals surface area contributed by atoms with Gasteiger partial charge in [0.1, 0.15) is 17.0 Å². The Morgan fingerprint density at radius 1 is 1.05 bits per heavy atom. The largest absolute Gasteiger partial charge is 0.456 e. The molecule has 0 radical (unpaired) electrons. The molecular formula is C32H42N2O3. The number of benzene rings is 2. The fourth-order valence-electron chi connectivity index (χ4n) is 5.60. The summed E-state index contributed by atoms with van der Waals surface area (Å²) < 4.78 is 5.63. The molecule has 1 aliphatic heterocycles. The smallest absolute Gasteiger partial charge is 0.339 e. The average molecular weight is 503 g/mol. The zero-order chi connectivity index (χ0) is 26.6. The van der Waals surface area contributed by atoms with Gasteiger partial charge in [-0.3, -0.25) is 14.7 Å². The maximum atomic E-state index is 13.8. The van der Waals surface area contributed by atoms with Crippen molar-refractivity contribution >= 4 is 17.7 Å². The maximum Gasteiger partial charge on any atom is 0.339 e. The third-order valence-corrected chi connectivity index (χ3v) is 7.66. The molecule has 2 aromatic rings. The highest BCUT2D eigenvalue weighted by Gasteiger charge is 2.49. The van der Waals surface area contributed by atoms with Crippen molar-refractivity contribution in [1.82, 2.24) is 4.90 Å². The number of carbonyl (C=O) groups excluding carboxylic acids is 2. The number of hydrogen-bond donors (Lipinski definition) is 0. The van der Waals surface area contributed by atoms with Crippen molar-refractivity contribution in [1.29, 1.82) is 0 Å². The highest BCUT2D eigenvalue weighted by molar-refractivity contribution is 6.08. The van der Waals surface area contributed by atoms with Crippen molar-refractivity contribution in [2.24, 2.45) is 10.9 Å². The van der Waals surface area contributed by atoms with Gasteiger partial charge in [0.15, 0.2) is 0 Å². The van der Waals surface area contributed by atoms with E-state index in [4.69, 9.17) is 9.73 Å². The van der Waals surface area contributed by atoms with E-state index in [1.54, 1.807) is 0 Å². The molecule has 4 rings (SSSR count). The Balaban J connectivity index is 1.55. The lowest BCUT2D eigenvalue weighted by molar-refractivity contribution is -0.133. The predicted molar refractivity (Wildman–Crippen MR) is 150 cm³/mol. The van der Waals surface area contributed by atoms with Crippen molar-refractivity contribution in [2.75, 3.05) is 0 Å². The standard InChI is InChI=1S/C32H42N2O3/c1-6-7-17-28-33-32(5,25-13-9-8-10-14-25)30(36)34(28)22-23-18-20-24(21-19-23)26-15-11-12-16-27(26)29(35)37-31(2,3)4/h11-12,15-16,18-21,25H,6-10,13-14,17,22H2,1-5H3. The summed E-state index contributed by atoms with van der Waals surface area (Å²) in [4.78, 5) is 33.7. The first-order valence-corrected chi connectivity index (χ1v) is 13.9. The molecule has 2 aromatic carbocycles. The van der Waals surface area contributed by atoms with E-state index in [9.17, 15) is 9.59 Å². The van der Waals surface area contributed by atoms with Crippen LogP contribution in [0.4, 0.5) is 0 Å². The summed E-state index contributed by atoms with van der Waals surface area (Å²) in [7, 11) is 0. The zero-order valence-electron chi connectivity index (χ0n) is 23.2. The minimum atomic E-state index is -0.629. The molecule has 1 heterocycles. The van der Waals surface area contributed by atoms with E-state index in [1.165, 1.54) is 19.3 Å². The molecule has 1 saturated carbocycles. The molecule has 2 aliphatic rings. The van der Waals surface area contributed by atoms with E-state index in [-0.39, 0.29) is 11.9 Å². The van der Waals surface area contributed by atoms with Gasteiger partial charge in [-0.1, -0.05) is 75.1 Å². The van der Waals surface area contributed by atoms with E-state index >= 15 is 0 Å². The molecule has 0 aromatic heterocycles. The van der Waals surface area contributed by atoms with Crippen LogP contribution in [0.15, 0.2) is 53.5 Å². The molecule has 198 valence electrons. The number of amidine groups is 1. The summed E-state index contributed by atoms with van der Waals surface area (Å²) >= 11 is 0. The van der Waals surface area contributed by atoms with Crippen LogP contribution in [0.5, 0.6) is 0 Å². The first-order valence-electron chi connectivity index (χ1n) is 13.9. The molecule has 0 N–H and O–H groups in total. The third kappa shape index (κ3) is 6.14. The second-order valence-corrected chi connectivity index (χ2v) is 11.7. The maximum absolute atomic E-state index is 13.8. The number of rotatable bonds is 8. The number of esters is 1. The minimum Gasteiger partial charge on any atom is -0.456 e. The van der Waals surface area contributed by atoms with E-state index in [0.717, 1.165) is 54.6 Å². The van der Waals surface area contributed by atoms with Crippen LogP contribution in [0.25, 0.3) is 11.1 Å². The van der Waals surface area contributed by atoms with Crippen LogP contribution in [0, 0.1) is 5.92 Å². The van der Waals surface area contributed by atoms with Crippen LogP contribution in [-0.2, 0) is 16.1 Å². The van der Waals surface area contributed by atoms with Crippen LogP contribution >= 0.6 is 0 Å². The second-order valence-electron chi connectivity index (χ2n) is 11.7. The number of carbonyl (C=O) groups is 2. The Bertz CT molecular complexity index is 1140. The van der Waals surface area contributed by atoms with E-state index in [2.05, 4.69) is 26.0 Å². The lowest BCUT2D eigenvalue weighted by Gasteiger charge is -2.33. The van der Waals surface area contributed by atoms with E-state index in [0.29, 0.717) is 18.0 Å². The molecule has 1 atom stereocenters. The van der Waals surface area contributed by atoms with Crippen LogP contribution in [0.2, 0.25) is 0 Å². The van der Waals surface area contributed by atoms with Gasteiger partial charge in [0.2, 0.25) is 0 Å². The highest BCUT2D eigenvalue weighted by atomic mass is 16.6. The fraction of sp³-hybridized carbons (Fsp3) is 0.531. The average Bonchev–Trinajstić information content (AvgIpc) is 3.13. The van der Waals surface area contributed by atoms with Crippen molar-refractivity contribution < 1.29 is 14.3 Å². The van der Waals surface area contributed by atoms with Crippen molar-refractivity contribution in [2.45, 2.75) is 104 Å². The lowest BCUT2D eigenvalue weighted by atomic mass is 9.75. The molecule has 1 unspecified atom stereocenters. The fourth-order valence-corrected chi connectivity index (χ4v) is 5.60. The summed E-state index contributed by atoms with van der Waals surface area (Å²) in [5.74, 6) is 1.11. The van der Waals surface area contributed by atoms with Gasteiger partial charge in [-0.2, -0.15) is 0 Å². The summed E-state index contributed by atoms with van der Waals surface area (Å²) in [6.45, 7) is 10.4. The molecule has 5 heteroatoms. The van der Waals surface area contributed by atoms with Crippen LogP contribution in [0.3, 0.4) is 0 Å². The summed E-state index contributed by atoms with van der Waals surface area (Å²) in [5.41, 5.74) is 2.22. The van der Waals surface area contributed by atoms with Crippen LogP contribution in [-0.4, -0.2) is 33.8 Å². The molecule has 0 spiro atoms. The second kappa shape index (κ2) is 11.2. The van der Waals surface area contributed by atoms with Gasteiger partial charge in [0.25, 0.3) is 5.91 Å². The van der Waals surface area contributed by atoms with Gasteiger partial charge < -0.3 is 4.74 Å². The number of ether oxygens (including phenoxy) is 1. The lowest BCUT2D eigenvalue weighted by Crippen LogP contribution is -2.45. The predicted octanol–water partition coefficient (Wildman–Crippen LogP) is 7.58. The Hall–Kier alpha value is -2.95. The molecule has 0 bridgehead atoms. The van der Waals surface area contributed by atoms with Crippen molar-refractivity contribution in [3.63, 3.8) is 0 Å². The monoisotopic (exact) mass is 502 g/mol. The Labute approximate surface area is 222 Å². The van der Waals surface area contributed by atoms with Crippen molar-refractivity contribution in [3.8, 4) is 11.1 Å². The van der Waals surface area contributed by atoms with Crippen molar-refractivity contribution in [3.05, 3.63) is 59.7 Å². The molecule has 1 amide bonds. The van der Waals surface area contributed by atoms with Crippen LogP contribution in [0.1, 0.15) is 102 Å². The van der Waals surface area contributed by atoms with Gasteiger partial charge >= 0.3 is 5.97 Å². The van der Waals surface area contributed by atoms with Crippen LogP contribution < -0.4 is 0 Å². The van der Waals surface area contributed by atoms with E-state index < -0.39 is 11.1 Å². The Morgan fingerprint density at radius 3 is 2.38 bits per heavy atom. The summed E-state index contributed by atoms with van der Waals surface area (Å²) in [5, 5.41) is 0. The van der Waals surface area contributed by atoms with Gasteiger partial charge in [0.05, 0.1) is 12.1 Å². The molecule has 1 aliphatic carbocycles. The quantitative estimate of drug-likeness (QED) is 0.350.